The number of fused-ring (bicyclic) bond motifs is 1. The van der Waals surface area contributed by atoms with Gasteiger partial charge in [0.2, 0.25) is 5.91 Å². The molecule has 3 heterocycles. The summed E-state index contributed by atoms with van der Waals surface area (Å²) in [5.41, 5.74) is -0.00781. The molecule has 0 saturated carbocycles. The van der Waals surface area contributed by atoms with Crippen molar-refractivity contribution in [1.29, 1.82) is 0 Å². The summed E-state index contributed by atoms with van der Waals surface area (Å²) in [7, 11) is 0. The summed E-state index contributed by atoms with van der Waals surface area (Å²) in [5, 5.41) is 3.47. The molecule has 0 aromatic rings. The van der Waals surface area contributed by atoms with Gasteiger partial charge in [-0.3, -0.25) is 4.79 Å². The van der Waals surface area contributed by atoms with E-state index in [-0.39, 0.29) is 17.6 Å². The molecule has 1 amide bonds. The van der Waals surface area contributed by atoms with Crippen molar-refractivity contribution >= 4 is 5.91 Å². The average molecular weight is 266 g/mol. The molecule has 4 heteroatoms. The zero-order chi connectivity index (χ0) is 13.6. The molecule has 0 aliphatic carbocycles. The van der Waals surface area contributed by atoms with Crippen LogP contribution in [0.1, 0.15) is 33.6 Å². The van der Waals surface area contributed by atoms with Gasteiger partial charge < -0.3 is 15.0 Å². The number of likely N-dealkylation sites (tertiary alicyclic amines) is 1. The molecular weight excluding hydrogens is 240 g/mol. The first-order valence-electron chi connectivity index (χ1n) is 7.69. The fraction of sp³-hybridized carbons (Fsp3) is 0.933. The van der Waals surface area contributed by atoms with Crippen LogP contribution in [0.5, 0.6) is 0 Å². The molecule has 4 atom stereocenters. The highest BCUT2D eigenvalue weighted by Crippen LogP contribution is 2.42. The molecule has 3 aliphatic rings. The molecule has 0 bridgehead atoms. The lowest BCUT2D eigenvalue weighted by molar-refractivity contribution is -0.141. The van der Waals surface area contributed by atoms with E-state index in [1.54, 1.807) is 0 Å². The van der Waals surface area contributed by atoms with E-state index in [4.69, 9.17) is 4.74 Å². The van der Waals surface area contributed by atoms with E-state index >= 15 is 0 Å². The Kier molecular flexibility index (Phi) is 3.34. The first kappa shape index (κ1) is 13.4. The van der Waals surface area contributed by atoms with Gasteiger partial charge in [0.05, 0.1) is 12.0 Å². The van der Waals surface area contributed by atoms with Gasteiger partial charge in [0.15, 0.2) is 0 Å². The summed E-state index contributed by atoms with van der Waals surface area (Å²) in [4.78, 5) is 15.0. The standard InChI is InChI=1S/C15H26N2O2/c1-4-13-11(5-6-19-13)14(18)17-9-10-7-16-8-12(10)15(17,2)3/h10-13,16H,4-9H2,1-3H3. The van der Waals surface area contributed by atoms with Crippen molar-refractivity contribution in [3.63, 3.8) is 0 Å². The summed E-state index contributed by atoms with van der Waals surface area (Å²) in [6.45, 7) is 10.4. The van der Waals surface area contributed by atoms with E-state index in [1.165, 1.54) is 0 Å². The minimum Gasteiger partial charge on any atom is -0.377 e. The third-order valence-electron chi connectivity index (χ3n) is 5.56. The molecule has 0 aromatic carbocycles. The van der Waals surface area contributed by atoms with Crippen LogP contribution in [0.4, 0.5) is 0 Å². The maximum atomic E-state index is 12.9. The molecule has 3 aliphatic heterocycles. The van der Waals surface area contributed by atoms with Crippen LogP contribution >= 0.6 is 0 Å². The summed E-state index contributed by atoms with van der Waals surface area (Å²) >= 11 is 0. The largest absolute Gasteiger partial charge is 0.377 e. The summed E-state index contributed by atoms with van der Waals surface area (Å²) in [6.07, 6.45) is 1.98. The van der Waals surface area contributed by atoms with Crippen LogP contribution in [0.25, 0.3) is 0 Å². The number of carbonyl (C=O) groups is 1. The van der Waals surface area contributed by atoms with Gasteiger partial charge in [-0.1, -0.05) is 6.92 Å². The van der Waals surface area contributed by atoms with Crippen LogP contribution in [0.15, 0.2) is 0 Å². The molecule has 4 unspecified atom stereocenters. The highest BCUT2D eigenvalue weighted by atomic mass is 16.5. The number of hydrogen-bond acceptors (Lipinski definition) is 3. The second kappa shape index (κ2) is 4.74. The van der Waals surface area contributed by atoms with E-state index in [2.05, 4.69) is 31.0 Å². The van der Waals surface area contributed by atoms with Gasteiger partial charge in [-0.2, -0.15) is 0 Å². The van der Waals surface area contributed by atoms with Crippen LogP contribution in [0.2, 0.25) is 0 Å². The van der Waals surface area contributed by atoms with Crippen molar-refractivity contribution in [3.8, 4) is 0 Å². The van der Waals surface area contributed by atoms with E-state index in [1.807, 2.05) is 0 Å². The first-order valence-corrected chi connectivity index (χ1v) is 7.69. The lowest BCUT2D eigenvalue weighted by Crippen LogP contribution is -2.50. The number of hydrogen-bond donors (Lipinski definition) is 1. The Morgan fingerprint density at radius 3 is 2.89 bits per heavy atom. The quantitative estimate of drug-likeness (QED) is 0.818. The van der Waals surface area contributed by atoms with Crippen LogP contribution in [-0.2, 0) is 9.53 Å². The van der Waals surface area contributed by atoms with Crippen molar-refractivity contribution in [2.75, 3.05) is 26.2 Å². The fourth-order valence-corrected chi connectivity index (χ4v) is 4.33. The van der Waals surface area contributed by atoms with Crippen molar-refractivity contribution < 1.29 is 9.53 Å². The van der Waals surface area contributed by atoms with Gasteiger partial charge in [-0.25, -0.2) is 0 Å². The van der Waals surface area contributed by atoms with Crippen molar-refractivity contribution in [2.45, 2.75) is 45.3 Å². The molecule has 0 aromatic heterocycles. The van der Waals surface area contributed by atoms with Crippen LogP contribution < -0.4 is 5.32 Å². The fourth-order valence-electron chi connectivity index (χ4n) is 4.33. The predicted octanol–water partition coefficient (Wildman–Crippen LogP) is 1.26. The number of amides is 1. The molecule has 3 saturated heterocycles. The van der Waals surface area contributed by atoms with Gasteiger partial charge in [0, 0.05) is 31.8 Å². The van der Waals surface area contributed by atoms with E-state index in [9.17, 15) is 4.79 Å². The predicted molar refractivity (Wildman–Crippen MR) is 73.8 cm³/mol. The summed E-state index contributed by atoms with van der Waals surface area (Å²) in [6, 6.07) is 0. The molecule has 0 radical (unpaired) electrons. The third kappa shape index (κ3) is 2.00. The second-order valence-electron chi connectivity index (χ2n) is 6.84. The number of carbonyl (C=O) groups excluding carboxylic acids is 1. The topological polar surface area (TPSA) is 41.6 Å². The van der Waals surface area contributed by atoms with Gasteiger partial charge in [-0.15, -0.1) is 0 Å². The average Bonchev–Trinajstić information content (AvgIpc) is 3.06. The molecule has 4 nitrogen and oxygen atoms in total. The van der Waals surface area contributed by atoms with Crippen LogP contribution in [0, 0.1) is 17.8 Å². The smallest absolute Gasteiger partial charge is 0.228 e. The van der Waals surface area contributed by atoms with Gasteiger partial charge in [0.1, 0.15) is 0 Å². The maximum absolute atomic E-state index is 12.9. The van der Waals surface area contributed by atoms with Crippen molar-refractivity contribution in [1.82, 2.24) is 10.2 Å². The molecule has 3 rings (SSSR count). The van der Waals surface area contributed by atoms with Gasteiger partial charge in [0.25, 0.3) is 0 Å². The van der Waals surface area contributed by atoms with E-state index in [0.29, 0.717) is 17.7 Å². The van der Waals surface area contributed by atoms with E-state index < -0.39 is 0 Å². The Bertz CT molecular complexity index is 369. The monoisotopic (exact) mass is 266 g/mol. The molecule has 1 N–H and O–H groups in total. The second-order valence-corrected chi connectivity index (χ2v) is 6.84. The maximum Gasteiger partial charge on any atom is 0.228 e. The first-order chi connectivity index (χ1) is 9.05. The minimum atomic E-state index is -0.00781. The molecule has 0 spiro atoms. The Labute approximate surface area is 115 Å². The Morgan fingerprint density at radius 1 is 1.42 bits per heavy atom. The number of rotatable bonds is 2. The molecular formula is C15H26N2O2. The summed E-state index contributed by atoms with van der Waals surface area (Å²) in [5.74, 6) is 1.68. The third-order valence-corrected chi connectivity index (χ3v) is 5.56. The van der Waals surface area contributed by atoms with Gasteiger partial charge >= 0.3 is 0 Å². The molecule has 3 fully saturated rings. The number of nitrogens with one attached hydrogen (secondary N) is 1. The normalized spacial score (nSPS) is 40.7. The zero-order valence-corrected chi connectivity index (χ0v) is 12.3. The van der Waals surface area contributed by atoms with Crippen LogP contribution in [-0.4, -0.2) is 48.7 Å². The van der Waals surface area contributed by atoms with Crippen molar-refractivity contribution in [2.24, 2.45) is 17.8 Å². The Balaban J connectivity index is 1.77. The van der Waals surface area contributed by atoms with E-state index in [0.717, 1.165) is 39.1 Å². The Hall–Kier alpha value is -0.610. The van der Waals surface area contributed by atoms with Gasteiger partial charge in [-0.05, 0) is 38.5 Å². The molecule has 108 valence electrons. The Morgan fingerprint density at radius 2 is 2.21 bits per heavy atom. The SMILES string of the molecule is CCC1OCCC1C(=O)N1CC2CNCC2C1(C)C. The highest BCUT2D eigenvalue weighted by molar-refractivity contribution is 5.81. The number of nitrogens with zero attached hydrogens (tertiary/aromatic N) is 1. The molecule has 19 heavy (non-hydrogen) atoms. The van der Waals surface area contributed by atoms with Crippen molar-refractivity contribution in [3.05, 3.63) is 0 Å². The lowest BCUT2D eigenvalue weighted by Gasteiger charge is -2.37. The zero-order valence-electron chi connectivity index (χ0n) is 12.3. The van der Waals surface area contributed by atoms with Crippen LogP contribution in [0.3, 0.4) is 0 Å². The summed E-state index contributed by atoms with van der Waals surface area (Å²) < 4.78 is 5.70. The lowest BCUT2D eigenvalue weighted by atomic mass is 9.84. The highest BCUT2D eigenvalue weighted by Gasteiger charge is 2.53. The number of ether oxygens (including phenoxy) is 1. The minimum absolute atomic E-state index is 0.00781.